The quantitative estimate of drug-likeness (QED) is 0.282. The second-order valence-corrected chi connectivity index (χ2v) is 9.64. The van der Waals surface area contributed by atoms with E-state index in [2.05, 4.69) is 10.5 Å². The minimum atomic E-state index is -4.12. The number of halogens is 1. The number of para-hydroxylation sites is 1. The molecule has 9 nitrogen and oxygen atoms in total. The van der Waals surface area contributed by atoms with Crippen LogP contribution in [0.5, 0.6) is 0 Å². The van der Waals surface area contributed by atoms with Crippen LogP contribution in [0.25, 0.3) is 0 Å². The first-order valence-electron chi connectivity index (χ1n) is 10.0. The van der Waals surface area contributed by atoms with E-state index in [-0.39, 0.29) is 16.1 Å². The summed E-state index contributed by atoms with van der Waals surface area (Å²) in [4.78, 5) is 23.1. The van der Waals surface area contributed by atoms with Crippen molar-refractivity contribution in [3.05, 3.63) is 98.6 Å². The number of hydrazone groups is 1. The van der Waals surface area contributed by atoms with Gasteiger partial charge in [-0.3, -0.25) is 19.2 Å². The van der Waals surface area contributed by atoms with Crippen LogP contribution in [-0.4, -0.2) is 32.0 Å². The molecule has 3 aromatic carbocycles. The van der Waals surface area contributed by atoms with Crippen LogP contribution in [0.15, 0.2) is 76.7 Å². The predicted octanol–water partition coefficient (Wildman–Crippen LogP) is 4.21. The van der Waals surface area contributed by atoms with Gasteiger partial charge in [-0.1, -0.05) is 29.8 Å². The smallest absolute Gasteiger partial charge is 0.271 e. The van der Waals surface area contributed by atoms with Crippen molar-refractivity contribution < 1.29 is 18.1 Å². The Hall–Kier alpha value is -3.76. The van der Waals surface area contributed by atoms with Gasteiger partial charge in [0, 0.05) is 11.1 Å². The molecule has 0 heterocycles. The molecule has 0 aliphatic rings. The van der Waals surface area contributed by atoms with Crippen molar-refractivity contribution in [3.8, 4) is 0 Å². The zero-order valence-electron chi connectivity index (χ0n) is 18.3. The molecular weight excluding hydrogens is 480 g/mol. The Morgan fingerprint density at radius 3 is 2.41 bits per heavy atom. The summed E-state index contributed by atoms with van der Waals surface area (Å²) in [5.74, 6) is -0.731. The molecule has 0 bridgehead atoms. The van der Waals surface area contributed by atoms with Crippen molar-refractivity contribution in [2.45, 2.75) is 18.7 Å². The molecule has 3 aromatic rings. The van der Waals surface area contributed by atoms with Gasteiger partial charge in [0.2, 0.25) is 0 Å². The van der Waals surface area contributed by atoms with Crippen molar-refractivity contribution in [1.29, 1.82) is 0 Å². The molecule has 0 atom stereocenters. The van der Waals surface area contributed by atoms with Gasteiger partial charge in [-0.2, -0.15) is 5.10 Å². The van der Waals surface area contributed by atoms with Crippen LogP contribution in [0.2, 0.25) is 5.02 Å². The van der Waals surface area contributed by atoms with E-state index < -0.39 is 27.4 Å². The highest BCUT2D eigenvalue weighted by atomic mass is 35.5. The molecule has 1 N–H and O–H groups in total. The predicted molar refractivity (Wildman–Crippen MR) is 131 cm³/mol. The van der Waals surface area contributed by atoms with Crippen LogP contribution in [0, 0.1) is 24.0 Å². The number of aryl methyl sites for hydroxylation is 2. The Balaban J connectivity index is 1.88. The summed E-state index contributed by atoms with van der Waals surface area (Å²) in [5, 5.41) is 15.2. The number of amides is 1. The number of rotatable bonds is 8. The van der Waals surface area contributed by atoms with E-state index in [0.717, 1.165) is 21.6 Å². The number of hydrogen-bond acceptors (Lipinski definition) is 6. The summed E-state index contributed by atoms with van der Waals surface area (Å²) >= 11 is 5.89. The van der Waals surface area contributed by atoms with Crippen LogP contribution in [0.3, 0.4) is 0 Å². The molecule has 0 aliphatic carbocycles. The first-order chi connectivity index (χ1) is 16.1. The summed E-state index contributed by atoms with van der Waals surface area (Å²) in [6.45, 7) is 3.16. The third-order valence-corrected chi connectivity index (χ3v) is 7.03. The Bertz CT molecular complexity index is 1360. The highest BCUT2D eigenvalue weighted by Gasteiger charge is 2.27. The van der Waals surface area contributed by atoms with Crippen LogP contribution in [-0.2, 0) is 14.8 Å². The molecule has 3 rings (SSSR count). The summed E-state index contributed by atoms with van der Waals surface area (Å²) in [5.41, 5.74) is 4.36. The molecule has 0 aromatic heterocycles. The van der Waals surface area contributed by atoms with E-state index in [1.54, 1.807) is 24.3 Å². The Morgan fingerprint density at radius 1 is 1.09 bits per heavy atom. The van der Waals surface area contributed by atoms with Crippen LogP contribution >= 0.6 is 11.6 Å². The van der Waals surface area contributed by atoms with E-state index in [1.807, 2.05) is 13.8 Å². The average molecular weight is 501 g/mol. The van der Waals surface area contributed by atoms with Gasteiger partial charge < -0.3 is 0 Å². The number of carbonyl (C=O) groups is 1. The zero-order valence-corrected chi connectivity index (χ0v) is 19.9. The molecule has 1 amide bonds. The largest absolute Gasteiger partial charge is 0.278 e. The minimum Gasteiger partial charge on any atom is -0.271 e. The monoisotopic (exact) mass is 500 g/mol. The van der Waals surface area contributed by atoms with Crippen molar-refractivity contribution in [1.82, 2.24) is 5.43 Å². The fourth-order valence-electron chi connectivity index (χ4n) is 3.03. The number of benzene rings is 3. The van der Waals surface area contributed by atoms with Gasteiger partial charge in [-0.05, 0) is 67.4 Å². The van der Waals surface area contributed by atoms with Crippen molar-refractivity contribution in [2.24, 2.45) is 5.10 Å². The standard InChI is InChI=1S/C23H21ClN4O5S/c1-16-7-10-20(13-17(16)2)27(34(32,33)21-11-8-19(24)9-12-21)15-23(29)26-25-14-18-5-3-4-6-22(18)28(30)31/h3-14H,15H2,1-2H3,(H,26,29)/b25-14-. The second-order valence-electron chi connectivity index (χ2n) is 7.34. The Kier molecular flexibility index (Phi) is 7.64. The first-order valence-corrected chi connectivity index (χ1v) is 11.8. The van der Waals surface area contributed by atoms with Crippen molar-refractivity contribution in [2.75, 3.05) is 10.8 Å². The summed E-state index contributed by atoms with van der Waals surface area (Å²) in [6, 6.07) is 16.5. The minimum absolute atomic E-state index is 0.0358. The SMILES string of the molecule is Cc1ccc(N(CC(=O)N/N=C\c2ccccc2[N+](=O)[O-])S(=O)(=O)c2ccc(Cl)cc2)cc1C. The van der Waals surface area contributed by atoms with Crippen LogP contribution in [0.1, 0.15) is 16.7 Å². The average Bonchev–Trinajstić information content (AvgIpc) is 2.80. The Labute approximate surface area is 201 Å². The number of nitrogens with one attached hydrogen (secondary N) is 1. The summed E-state index contributed by atoms with van der Waals surface area (Å²) in [6.07, 6.45) is 1.13. The topological polar surface area (TPSA) is 122 Å². The molecule has 0 aliphatic heterocycles. The van der Waals surface area contributed by atoms with E-state index in [1.165, 1.54) is 42.5 Å². The van der Waals surface area contributed by atoms with E-state index in [9.17, 15) is 23.3 Å². The Morgan fingerprint density at radius 2 is 1.76 bits per heavy atom. The highest BCUT2D eigenvalue weighted by Crippen LogP contribution is 2.26. The zero-order chi connectivity index (χ0) is 24.9. The fourth-order valence-corrected chi connectivity index (χ4v) is 4.57. The number of nitrogens with zero attached hydrogens (tertiary/aromatic N) is 3. The van der Waals surface area contributed by atoms with Gasteiger partial charge in [0.05, 0.1) is 27.3 Å². The van der Waals surface area contributed by atoms with Gasteiger partial charge in [0.1, 0.15) is 6.54 Å². The fraction of sp³-hybridized carbons (Fsp3) is 0.130. The number of hydrogen-bond donors (Lipinski definition) is 1. The molecule has 11 heteroatoms. The second kappa shape index (κ2) is 10.4. The van der Waals surface area contributed by atoms with Gasteiger partial charge in [-0.25, -0.2) is 13.8 Å². The van der Waals surface area contributed by atoms with Crippen LogP contribution in [0.4, 0.5) is 11.4 Å². The lowest BCUT2D eigenvalue weighted by molar-refractivity contribution is -0.385. The normalized spacial score (nSPS) is 11.4. The molecule has 0 saturated heterocycles. The summed E-state index contributed by atoms with van der Waals surface area (Å²) < 4.78 is 27.7. The van der Waals surface area contributed by atoms with Gasteiger partial charge in [-0.15, -0.1) is 0 Å². The van der Waals surface area contributed by atoms with Gasteiger partial charge >= 0.3 is 0 Å². The molecular formula is C23H21ClN4O5S. The third-order valence-electron chi connectivity index (χ3n) is 4.99. The van der Waals surface area contributed by atoms with Crippen LogP contribution < -0.4 is 9.73 Å². The lowest BCUT2D eigenvalue weighted by Gasteiger charge is -2.24. The maximum Gasteiger partial charge on any atom is 0.278 e. The maximum atomic E-state index is 13.4. The summed E-state index contributed by atoms with van der Waals surface area (Å²) in [7, 11) is -4.12. The third kappa shape index (κ3) is 5.77. The van der Waals surface area contributed by atoms with Crippen molar-refractivity contribution in [3.63, 3.8) is 0 Å². The van der Waals surface area contributed by atoms with Crippen molar-refractivity contribution >= 4 is 45.1 Å². The lowest BCUT2D eigenvalue weighted by atomic mass is 10.1. The van der Waals surface area contributed by atoms with E-state index in [0.29, 0.717) is 10.7 Å². The molecule has 0 saturated carbocycles. The van der Waals surface area contributed by atoms with Gasteiger partial charge in [0.15, 0.2) is 0 Å². The molecule has 0 spiro atoms. The number of sulfonamides is 1. The molecule has 0 unspecified atom stereocenters. The molecule has 176 valence electrons. The first kappa shape index (κ1) is 24.9. The van der Waals surface area contributed by atoms with Gasteiger partial charge in [0.25, 0.3) is 21.6 Å². The van der Waals surface area contributed by atoms with E-state index >= 15 is 0 Å². The molecule has 0 radical (unpaired) electrons. The molecule has 0 fully saturated rings. The number of carbonyl (C=O) groups excluding carboxylic acids is 1. The highest BCUT2D eigenvalue weighted by molar-refractivity contribution is 7.92. The number of nitro benzene ring substituents is 1. The molecule has 34 heavy (non-hydrogen) atoms. The lowest BCUT2D eigenvalue weighted by Crippen LogP contribution is -2.39. The maximum absolute atomic E-state index is 13.4. The number of anilines is 1. The number of nitro groups is 1. The van der Waals surface area contributed by atoms with E-state index in [4.69, 9.17) is 11.6 Å².